The number of rotatable bonds is 1. The van der Waals surface area contributed by atoms with Crippen LogP contribution >= 0.6 is 0 Å². The number of carbonyl (C=O) groups is 1. The fourth-order valence-corrected chi connectivity index (χ4v) is 1.91. The number of hydrogen-bond acceptors (Lipinski definition) is 2. The molecule has 5 heteroatoms. The summed E-state index contributed by atoms with van der Waals surface area (Å²) in [5.41, 5.74) is -2.16. The van der Waals surface area contributed by atoms with Crippen molar-refractivity contribution in [2.45, 2.75) is 26.9 Å². The van der Waals surface area contributed by atoms with Crippen molar-refractivity contribution in [3.05, 3.63) is 41.6 Å². The monoisotopic (exact) mass is 281 g/mol. The number of alkyl halides is 3. The highest BCUT2D eigenvalue weighted by molar-refractivity contribution is 6.03. The van der Waals surface area contributed by atoms with E-state index in [9.17, 15) is 18.0 Å². The number of aromatic nitrogens is 1. The van der Waals surface area contributed by atoms with Crippen molar-refractivity contribution in [1.82, 2.24) is 4.98 Å². The van der Waals surface area contributed by atoms with Crippen LogP contribution in [0.15, 0.2) is 30.3 Å². The summed E-state index contributed by atoms with van der Waals surface area (Å²) >= 11 is 0. The van der Waals surface area contributed by atoms with E-state index < -0.39 is 23.1 Å². The number of para-hydroxylation sites is 1. The second-order valence-electron chi connectivity index (χ2n) is 5.65. The molecule has 0 atom stereocenters. The van der Waals surface area contributed by atoms with E-state index in [1.165, 1.54) is 12.1 Å². The van der Waals surface area contributed by atoms with Gasteiger partial charge in [0, 0.05) is 16.4 Å². The summed E-state index contributed by atoms with van der Waals surface area (Å²) in [7, 11) is 0. The van der Waals surface area contributed by atoms with E-state index in [1.54, 1.807) is 39.0 Å². The average molecular weight is 281 g/mol. The topological polar surface area (TPSA) is 30.0 Å². The van der Waals surface area contributed by atoms with Gasteiger partial charge in [-0.05, 0) is 12.1 Å². The zero-order valence-electron chi connectivity index (χ0n) is 11.4. The van der Waals surface area contributed by atoms with Crippen molar-refractivity contribution in [2.75, 3.05) is 0 Å². The molecule has 0 bridgehead atoms. The molecule has 20 heavy (non-hydrogen) atoms. The predicted octanol–water partition coefficient (Wildman–Crippen LogP) is 4.48. The van der Waals surface area contributed by atoms with Crippen LogP contribution in [0.25, 0.3) is 10.9 Å². The van der Waals surface area contributed by atoms with Crippen LogP contribution in [0.1, 0.15) is 36.8 Å². The van der Waals surface area contributed by atoms with Crippen LogP contribution in [-0.2, 0) is 6.18 Å². The van der Waals surface area contributed by atoms with Gasteiger partial charge in [0.1, 0.15) is 0 Å². The largest absolute Gasteiger partial charge is 0.434 e. The van der Waals surface area contributed by atoms with Gasteiger partial charge in [-0.2, -0.15) is 13.2 Å². The zero-order chi connectivity index (χ0) is 15.1. The molecule has 1 aromatic heterocycles. The van der Waals surface area contributed by atoms with Crippen molar-refractivity contribution < 1.29 is 18.0 Å². The van der Waals surface area contributed by atoms with Crippen molar-refractivity contribution in [2.24, 2.45) is 5.41 Å². The second kappa shape index (κ2) is 4.58. The number of ketones is 1. The van der Waals surface area contributed by atoms with Crippen LogP contribution in [0, 0.1) is 5.41 Å². The smallest absolute Gasteiger partial charge is 0.294 e. The van der Waals surface area contributed by atoms with Crippen LogP contribution in [0.2, 0.25) is 0 Å². The van der Waals surface area contributed by atoms with Gasteiger partial charge in [-0.15, -0.1) is 0 Å². The third-order valence-electron chi connectivity index (χ3n) is 2.92. The third-order valence-corrected chi connectivity index (χ3v) is 2.92. The normalized spacial score (nSPS) is 12.7. The average Bonchev–Trinajstić information content (AvgIpc) is 2.34. The molecule has 0 unspecified atom stereocenters. The molecule has 106 valence electrons. The number of hydrogen-bond donors (Lipinski definition) is 0. The Morgan fingerprint density at radius 1 is 1.10 bits per heavy atom. The number of Topliss-reactive ketones (excluding diaryl/α,β-unsaturated/α-hetero) is 1. The maximum absolute atomic E-state index is 13.1. The fourth-order valence-electron chi connectivity index (χ4n) is 1.91. The first-order chi connectivity index (χ1) is 9.10. The summed E-state index contributed by atoms with van der Waals surface area (Å²) < 4.78 is 39.3. The summed E-state index contributed by atoms with van der Waals surface area (Å²) in [6.45, 7) is 4.76. The number of halogens is 3. The first-order valence-electron chi connectivity index (χ1n) is 6.12. The van der Waals surface area contributed by atoms with Crippen LogP contribution < -0.4 is 0 Å². The van der Waals surface area contributed by atoms with Gasteiger partial charge in [-0.1, -0.05) is 39.0 Å². The number of carbonyl (C=O) groups excluding carboxylic acids is 1. The lowest BCUT2D eigenvalue weighted by atomic mass is 9.85. The Kier molecular flexibility index (Phi) is 3.32. The van der Waals surface area contributed by atoms with Gasteiger partial charge in [0.2, 0.25) is 0 Å². The Balaban J connectivity index is 2.77. The zero-order valence-corrected chi connectivity index (χ0v) is 11.4. The van der Waals surface area contributed by atoms with E-state index in [1.807, 2.05) is 0 Å². The molecule has 0 amide bonds. The van der Waals surface area contributed by atoms with Crippen LogP contribution in [0.4, 0.5) is 13.2 Å². The Hall–Kier alpha value is -1.91. The van der Waals surface area contributed by atoms with Gasteiger partial charge >= 0.3 is 6.18 Å². The molecule has 0 saturated heterocycles. The molecular formula is C15H14F3NO. The molecule has 0 aliphatic heterocycles. The Labute approximate surface area is 114 Å². The first kappa shape index (κ1) is 14.5. The standard InChI is InChI=1S/C15H14F3NO/c1-14(2,3)13(20)10-8-9-6-4-5-7-11(9)19-12(10)15(16,17)18/h4-8H,1-3H3. The summed E-state index contributed by atoms with van der Waals surface area (Å²) in [6, 6.07) is 7.72. The maximum atomic E-state index is 13.1. The number of fused-ring (bicyclic) bond motifs is 1. The molecule has 0 fully saturated rings. The van der Waals surface area contributed by atoms with Crippen molar-refractivity contribution in [3.8, 4) is 0 Å². The quantitative estimate of drug-likeness (QED) is 0.721. The van der Waals surface area contributed by atoms with Crippen molar-refractivity contribution in [1.29, 1.82) is 0 Å². The fraction of sp³-hybridized carbons (Fsp3) is 0.333. The lowest BCUT2D eigenvalue weighted by molar-refractivity contribution is -0.141. The predicted molar refractivity (Wildman–Crippen MR) is 70.5 cm³/mol. The van der Waals surface area contributed by atoms with Crippen LogP contribution in [-0.4, -0.2) is 10.8 Å². The molecule has 1 aromatic carbocycles. The lowest BCUT2D eigenvalue weighted by Gasteiger charge is -2.20. The van der Waals surface area contributed by atoms with Crippen LogP contribution in [0.5, 0.6) is 0 Å². The van der Waals surface area contributed by atoms with E-state index in [4.69, 9.17) is 0 Å². The Morgan fingerprint density at radius 2 is 1.70 bits per heavy atom. The van der Waals surface area contributed by atoms with E-state index in [-0.39, 0.29) is 11.1 Å². The van der Waals surface area contributed by atoms with Gasteiger partial charge in [-0.25, -0.2) is 4.98 Å². The SMILES string of the molecule is CC(C)(C)C(=O)c1cc2ccccc2nc1C(F)(F)F. The van der Waals surface area contributed by atoms with E-state index in [0.29, 0.717) is 5.39 Å². The highest BCUT2D eigenvalue weighted by atomic mass is 19.4. The van der Waals surface area contributed by atoms with Gasteiger partial charge in [0.25, 0.3) is 0 Å². The van der Waals surface area contributed by atoms with Crippen LogP contribution in [0.3, 0.4) is 0 Å². The third kappa shape index (κ3) is 2.66. The highest BCUT2D eigenvalue weighted by Gasteiger charge is 2.39. The lowest BCUT2D eigenvalue weighted by Crippen LogP contribution is -2.25. The summed E-state index contributed by atoms with van der Waals surface area (Å²) in [5, 5.41) is 0.521. The van der Waals surface area contributed by atoms with E-state index in [0.717, 1.165) is 0 Å². The highest BCUT2D eigenvalue weighted by Crippen LogP contribution is 2.35. The molecule has 2 rings (SSSR count). The molecule has 0 N–H and O–H groups in total. The molecule has 2 aromatic rings. The van der Waals surface area contributed by atoms with Gasteiger partial charge in [-0.3, -0.25) is 4.79 Å². The molecule has 2 nitrogen and oxygen atoms in total. The molecular weight excluding hydrogens is 267 g/mol. The molecule has 0 spiro atoms. The summed E-state index contributed by atoms with van der Waals surface area (Å²) in [4.78, 5) is 15.9. The number of pyridine rings is 1. The molecule has 1 heterocycles. The maximum Gasteiger partial charge on any atom is 0.434 e. The summed E-state index contributed by atoms with van der Waals surface area (Å²) in [5.74, 6) is -0.567. The van der Waals surface area contributed by atoms with Crippen molar-refractivity contribution in [3.63, 3.8) is 0 Å². The Bertz CT molecular complexity index is 669. The minimum absolute atomic E-state index is 0.227. The van der Waals surface area contributed by atoms with Gasteiger partial charge < -0.3 is 0 Å². The van der Waals surface area contributed by atoms with Gasteiger partial charge in [0.05, 0.1) is 5.52 Å². The van der Waals surface area contributed by atoms with E-state index >= 15 is 0 Å². The molecule has 0 aliphatic carbocycles. The number of nitrogens with zero attached hydrogens (tertiary/aromatic N) is 1. The summed E-state index contributed by atoms with van der Waals surface area (Å²) in [6.07, 6.45) is -4.65. The molecule has 0 saturated carbocycles. The van der Waals surface area contributed by atoms with Gasteiger partial charge in [0.15, 0.2) is 11.5 Å². The van der Waals surface area contributed by atoms with E-state index in [2.05, 4.69) is 4.98 Å². The first-order valence-corrected chi connectivity index (χ1v) is 6.12. The molecule has 0 radical (unpaired) electrons. The number of benzene rings is 1. The van der Waals surface area contributed by atoms with Crippen molar-refractivity contribution >= 4 is 16.7 Å². The Morgan fingerprint density at radius 3 is 2.25 bits per heavy atom. The minimum atomic E-state index is -4.65. The second-order valence-corrected chi connectivity index (χ2v) is 5.65. The molecule has 0 aliphatic rings. The minimum Gasteiger partial charge on any atom is -0.294 e.